The van der Waals surface area contributed by atoms with Crippen molar-refractivity contribution < 1.29 is 4.39 Å². The van der Waals surface area contributed by atoms with Gasteiger partial charge in [-0.1, -0.05) is 31.0 Å². The Morgan fingerprint density at radius 1 is 1.20 bits per heavy atom. The zero-order valence-corrected chi connectivity index (χ0v) is 12.1. The van der Waals surface area contributed by atoms with Crippen LogP contribution >= 0.6 is 0 Å². The lowest BCUT2D eigenvalue weighted by molar-refractivity contribution is 0.177. The van der Waals surface area contributed by atoms with Crippen LogP contribution in [0.5, 0.6) is 0 Å². The van der Waals surface area contributed by atoms with Gasteiger partial charge in [-0.25, -0.2) is 4.39 Å². The first-order valence-corrected chi connectivity index (χ1v) is 8.00. The first kappa shape index (κ1) is 14.0. The van der Waals surface area contributed by atoms with Crippen molar-refractivity contribution in [3.05, 3.63) is 35.6 Å². The smallest absolute Gasteiger partial charge is 0.127 e. The third kappa shape index (κ3) is 2.89. The average molecular weight is 276 g/mol. The van der Waals surface area contributed by atoms with Crippen LogP contribution < -0.4 is 5.73 Å². The topological polar surface area (TPSA) is 29.3 Å². The number of hydrogen-bond acceptors (Lipinski definition) is 2. The zero-order chi connectivity index (χ0) is 13.9. The second kappa shape index (κ2) is 6.23. The van der Waals surface area contributed by atoms with Crippen LogP contribution in [0.3, 0.4) is 0 Å². The molecule has 1 aliphatic heterocycles. The summed E-state index contributed by atoms with van der Waals surface area (Å²) in [5.74, 6) is 0.741. The SMILES string of the molecule is NC(CCN1CCC2CCCCC21)c1ccccc1F. The van der Waals surface area contributed by atoms with Gasteiger partial charge >= 0.3 is 0 Å². The van der Waals surface area contributed by atoms with Gasteiger partial charge in [-0.2, -0.15) is 0 Å². The van der Waals surface area contributed by atoms with Crippen molar-refractivity contribution in [2.45, 2.75) is 50.6 Å². The van der Waals surface area contributed by atoms with Crippen molar-refractivity contribution in [2.24, 2.45) is 11.7 Å². The standard InChI is InChI=1S/C17H25FN2/c18-15-7-3-2-6-14(15)16(19)10-12-20-11-9-13-5-1-4-8-17(13)20/h2-3,6-7,13,16-17H,1,4-5,8-12,19H2. The van der Waals surface area contributed by atoms with Gasteiger partial charge in [0.15, 0.2) is 0 Å². The number of hydrogen-bond donors (Lipinski definition) is 1. The molecule has 20 heavy (non-hydrogen) atoms. The zero-order valence-electron chi connectivity index (χ0n) is 12.1. The number of benzene rings is 1. The fourth-order valence-corrected chi connectivity index (χ4v) is 4.02. The van der Waals surface area contributed by atoms with Crippen molar-refractivity contribution in [3.8, 4) is 0 Å². The van der Waals surface area contributed by atoms with Crippen LogP contribution in [0.4, 0.5) is 4.39 Å². The highest BCUT2D eigenvalue weighted by molar-refractivity contribution is 5.20. The van der Waals surface area contributed by atoms with Crippen molar-refractivity contribution in [1.82, 2.24) is 4.90 Å². The molecule has 0 aromatic heterocycles. The lowest BCUT2D eigenvalue weighted by Gasteiger charge is -2.32. The molecule has 0 bridgehead atoms. The molecular formula is C17H25FN2. The third-order valence-corrected chi connectivity index (χ3v) is 5.16. The Hall–Kier alpha value is -0.930. The highest BCUT2D eigenvalue weighted by atomic mass is 19.1. The minimum absolute atomic E-state index is 0.169. The Balaban J connectivity index is 1.56. The Bertz CT molecular complexity index is 448. The van der Waals surface area contributed by atoms with E-state index in [-0.39, 0.29) is 11.9 Å². The molecule has 1 aromatic rings. The maximum atomic E-state index is 13.7. The van der Waals surface area contributed by atoms with Gasteiger partial charge in [-0.05, 0) is 44.2 Å². The summed E-state index contributed by atoms with van der Waals surface area (Å²) in [7, 11) is 0. The highest BCUT2D eigenvalue weighted by Gasteiger charge is 2.35. The third-order valence-electron chi connectivity index (χ3n) is 5.16. The Morgan fingerprint density at radius 2 is 2.00 bits per heavy atom. The van der Waals surface area contributed by atoms with Gasteiger partial charge in [0.05, 0.1) is 0 Å². The van der Waals surface area contributed by atoms with Gasteiger partial charge in [0.1, 0.15) is 5.82 Å². The summed E-state index contributed by atoms with van der Waals surface area (Å²) >= 11 is 0. The van der Waals surface area contributed by atoms with Crippen LogP contribution in [0.15, 0.2) is 24.3 Å². The van der Waals surface area contributed by atoms with Crippen LogP contribution in [0, 0.1) is 11.7 Å². The van der Waals surface area contributed by atoms with E-state index < -0.39 is 0 Å². The fraction of sp³-hybridized carbons (Fsp3) is 0.647. The number of halogens is 1. The number of nitrogens with zero attached hydrogens (tertiary/aromatic N) is 1. The van der Waals surface area contributed by atoms with Gasteiger partial charge in [0, 0.05) is 24.2 Å². The van der Waals surface area contributed by atoms with E-state index in [1.54, 1.807) is 6.07 Å². The van der Waals surface area contributed by atoms with E-state index in [0.717, 1.165) is 24.9 Å². The summed E-state index contributed by atoms with van der Waals surface area (Å²) in [5.41, 5.74) is 6.83. The summed E-state index contributed by atoms with van der Waals surface area (Å²) < 4.78 is 13.7. The molecule has 2 N–H and O–H groups in total. The summed E-state index contributed by atoms with van der Waals surface area (Å²) in [5, 5.41) is 0. The van der Waals surface area contributed by atoms with Crippen LogP contribution in [0.2, 0.25) is 0 Å². The second-order valence-corrected chi connectivity index (χ2v) is 6.35. The van der Waals surface area contributed by atoms with Crippen LogP contribution in [-0.2, 0) is 0 Å². The van der Waals surface area contributed by atoms with Gasteiger partial charge < -0.3 is 10.6 Å². The molecule has 3 atom stereocenters. The van der Waals surface area contributed by atoms with Crippen LogP contribution in [0.1, 0.15) is 50.1 Å². The highest BCUT2D eigenvalue weighted by Crippen LogP contribution is 2.36. The molecule has 1 heterocycles. The fourth-order valence-electron chi connectivity index (χ4n) is 4.02. The van der Waals surface area contributed by atoms with E-state index in [1.165, 1.54) is 44.7 Å². The van der Waals surface area contributed by atoms with Crippen molar-refractivity contribution >= 4 is 0 Å². The van der Waals surface area contributed by atoms with Crippen LogP contribution in [0.25, 0.3) is 0 Å². The van der Waals surface area contributed by atoms with Gasteiger partial charge in [-0.3, -0.25) is 0 Å². The molecule has 1 saturated carbocycles. The maximum absolute atomic E-state index is 13.7. The van der Waals surface area contributed by atoms with Crippen molar-refractivity contribution in [1.29, 1.82) is 0 Å². The number of nitrogens with two attached hydrogens (primary N) is 1. The molecular weight excluding hydrogens is 251 g/mol. The number of rotatable bonds is 4. The molecule has 2 fully saturated rings. The predicted octanol–water partition coefficient (Wildman–Crippen LogP) is 3.48. The van der Waals surface area contributed by atoms with Gasteiger partial charge in [0.25, 0.3) is 0 Å². The Morgan fingerprint density at radius 3 is 2.85 bits per heavy atom. The van der Waals surface area contributed by atoms with E-state index in [4.69, 9.17) is 5.73 Å². The molecule has 3 unspecified atom stereocenters. The van der Waals surface area contributed by atoms with E-state index in [1.807, 2.05) is 12.1 Å². The summed E-state index contributed by atoms with van der Waals surface area (Å²) in [6, 6.07) is 7.50. The van der Waals surface area contributed by atoms with Crippen molar-refractivity contribution in [2.75, 3.05) is 13.1 Å². The van der Waals surface area contributed by atoms with Crippen molar-refractivity contribution in [3.63, 3.8) is 0 Å². The first-order chi connectivity index (χ1) is 9.75. The molecule has 2 nitrogen and oxygen atoms in total. The number of fused-ring (bicyclic) bond motifs is 1. The van der Waals surface area contributed by atoms with Gasteiger partial charge in [0.2, 0.25) is 0 Å². The molecule has 0 spiro atoms. The lowest BCUT2D eigenvalue weighted by atomic mass is 9.85. The predicted molar refractivity (Wildman–Crippen MR) is 79.9 cm³/mol. The first-order valence-electron chi connectivity index (χ1n) is 8.00. The van der Waals surface area contributed by atoms with Crippen LogP contribution in [-0.4, -0.2) is 24.0 Å². The molecule has 0 radical (unpaired) electrons. The molecule has 3 rings (SSSR count). The minimum atomic E-state index is -0.182. The monoisotopic (exact) mass is 276 g/mol. The normalized spacial score (nSPS) is 28.3. The molecule has 3 heteroatoms. The Labute approximate surface area is 121 Å². The van der Waals surface area contributed by atoms with E-state index >= 15 is 0 Å². The Kier molecular flexibility index (Phi) is 4.37. The van der Waals surface area contributed by atoms with Gasteiger partial charge in [-0.15, -0.1) is 0 Å². The molecule has 1 aromatic carbocycles. The molecule has 110 valence electrons. The minimum Gasteiger partial charge on any atom is -0.324 e. The number of likely N-dealkylation sites (tertiary alicyclic amines) is 1. The lowest BCUT2D eigenvalue weighted by Crippen LogP contribution is -2.36. The quantitative estimate of drug-likeness (QED) is 0.912. The average Bonchev–Trinajstić information content (AvgIpc) is 2.88. The summed E-state index contributed by atoms with van der Waals surface area (Å²) in [6.07, 6.45) is 7.73. The maximum Gasteiger partial charge on any atom is 0.127 e. The molecule has 1 aliphatic carbocycles. The largest absolute Gasteiger partial charge is 0.324 e. The second-order valence-electron chi connectivity index (χ2n) is 6.35. The van der Waals surface area contributed by atoms with E-state index in [0.29, 0.717) is 5.56 Å². The summed E-state index contributed by atoms with van der Waals surface area (Å²) in [6.45, 7) is 2.22. The molecule has 1 saturated heterocycles. The molecule has 0 amide bonds. The van der Waals surface area contributed by atoms with E-state index in [9.17, 15) is 4.39 Å². The summed E-state index contributed by atoms with van der Waals surface area (Å²) in [4.78, 5) is 2.60. The van der Waals surface area contributed by atoms with E-state index in [2.05, 4.69) is 4.90 Å². The molecule has 2 aliphatic rings.